The monoisotopic (exact) mass is 295 g/mol. The molecule has 0 spiro atoms. The molecule has 0 aliphatic heterocycles. The normalized spacial score (nSPS) is 11.4. The predicted octanol–water partition coefficient (Wildman–Crippen LogP) is 2.40. The van der Waals surface area contributed by atoms with Crippen molar-refractivity contribution in [1.29, 1.82) is 0 Å². The molecule has 0 saturated carbocycles. The molecule has 1 aromatic carbocycles. The van der Waals surface area contributed by atoms with E-state index in [2.05, 4.69) is 25.1 Å². The van der Waals surface area contributed by atoms with E-state index in [1.165, 1.54) is 0 Å². The van der Waals surface area contributed by atoms with Crippen LogP contribution in [0.3, 0.4) is 0 Å². The molecule has 4 aromatic rings. The number of H-pyrrole nitrogens is 1. The Bertz CT molecular complexity index is 973. The third-order valence-corrected chi connectivity index (χ3v) is 3.47. The van der Waals surface area contributed by atoms with Gasteiger partial charge in [-0.15, -0.1) is 0 Å². The standard InChI is InChI=1S/C15H13N5O2/c1-8-17-14(20-22-8)6-13-18-12-7-16-11-4-3-9(21-2)5-10(11)15(12)19-13/h3-5,7H,6H2,1-2H3,(H,18,19). The van der Waals surface area contributed by atoms with Gasteiger partial charge in [-0.05, 0) is 18.2 Å². The van der Waals surface area contributed by atoms with Gasteiger partial charge in [0.15, 0.2) is 5.82 Å². The first kappa shape index (κ1) is 12.8. The lowest BCUT2D eigenvalue weighted by atomic mass is 10.2. The van der Waals surface area contributed by atoms with Gasteiger partial charge in [0.1, 0.15) is 11.6 Å². The maximum Gasteiger partial charge on any atom is 0.223 e. The van der Waals surface area contributed by atoms with Crippen molar-refractivity contribution in [2.45, 2.75) is 13.3 Å². The van der Waals surface area contributed by atoms with Crippen LogP contribution in [0.15, 0.2) is 28.9 Å². The summed E-state index contributed by atoms with van der Waals surface area (Å²) in [6.07, 6.45) is 2.26. The van der Waals surface area contributed by atoms with Crippen LogP contribution in [0.4, 0.5) is 0 Å². The van der Waals surface area contributed by atoms with Crippen LogP contribution >= 0.6 is 0 Å². The van der Waals surface area contributed by atoms with E-state index in [0.717, 1.165) is 33.5 Å². The molecule has 0 unspecified atom stereocenters. The lowest BCUT2D eigenvalue weighted by molar-refractivity contribution is 0.388. The summed E-state index contributed by atoms with van der Waals surface area (Å²) in [5, 5.41) is 4.84. The molecule has 0 aliphatic carbocycles. The average Bonchev–Trinajstić information content (AvgIpc) is 3.12. The molecule has 0 amide bonds. The Hall–Kier alpha value is -2.96. The molecule has 0 atom stereocenters. The Morgan fingerprint density at radius 3 is 2.95 bits per heavy atom. The van der Waals surface area contributed by atoms with Crippen LogP contribution in [-0.2, 0) is 6.42 Å². The second-order valence-electron chi connectivity index (χ2n) is 4.99. The highest BCUT2D eigenvalue weighted by molar-refractivity contribution is 6.02. The van der Waals surface area contributed by atoms with Gasteiger partial charge in [0.2, 0.25) is 5.89 Å². The van der Waals surface area contributed by atoms with Crippen LogP contribution in [0.5, 0.6) is 5.75 Å². The Kier molecular flexibility index (Phi) is 2.78. The van der Waals surface area contributed by atoms with Crippen molar-refractivity contribution >= 4 is 21.9 Å². The summed E-state index contributed by atoms with van der Waals surface area (Å²) in [5.74, 6) is 2.70. The maximum atomic E-state index is 5.28. The lowest BCUT2D eigenvalue weighted by Gasteiger charge is -2.01. The van der Waals surface area contributed by atoms with E-state index in [4.69, 9.17) is 9.26 Å². The Morgan fingerprint density at radius 1 is 1.27 bits per heavy atom. The van der Waals surface area contributed by atoms with Crippen molar-refractivity contribution in [3.8, 4) is 5.75 Å². The van der Waals surface area contributed by atoms with Gasteiger partial charge in [-0.1, -0.05) is 5.16 Å². The first-order valence-electron chi connectivity index (χ1n) is 6.83. The molecule has 4 rings (SSSR count). The number of hydrogen-bond acceptors (Lipinski definition) is 6. The van der Waals surface area contributed by atoms with Crippen LogP contribution in [0, 0.1) is 6.92 Å². The summed E-state index contributed by atoms with van der Waals surface area (Å²) < 4.78 is 10.3. The van der Waals surface area contributed by atoms with Crippen molar-refractivity contribution in [2.75, 3.05) is 7.11 Å². The van der Waals surface area contributed by atoms with E-state index in [-0.39, 0.29) is 0 Å². The van der Waals surface area contributed by atoms with Gasteiger partial charge < -0.3 is 14.2 Å². The number of aromatic amines is 1. The Morgan fingerprint density at radius 2 is 2.18 bits per heavy atom. The number of methoxy groups -OCH3 is 1. The second kappa shape index (κ2) is 4.80. The van der Waals surface area contributed by atoms with Crippen LogP contribution in [-0.4, -0.2) is 32.2 Å². The SMILES string of the molecule is COc1ccc2ncc3[nH]c(Cc4noc(C)n4)nc3c2c1. The van der Waals surface area contributed by atoms with Crippen LogP contribution in [0.2, 0.25) is 0 Å². The molecule has 22 heavy (non-hydrogen) atoms. The number of aromatic nitrogens is 5. The van der Waals surface area contributed by atoms with E-state index in [1.807, 2.05) is 18.2 Å². The highest BCUT2D eigenvalue weighted by Gasteiger charge is 2.11. The van der Waals surface area contributed by atoms with Crippen LogP contribution < -0.4 is 4.74 Å². The van der Waals surface area contributed by atoms with Gasteiger partial charge in [0.05, 0.1) is 36.3 Å². The molecule has 7 heteroatoms. The van der Waals surface area contributed by atoms with Crippen molar-refractivity contribution in [2.24, 2.45) is 0 Å². The second-order valence-corrected chi connectivity index (χ2v) is 4.99. The smallest absolute Gasteiger partial charge is 0.223 e. The number of benzene rings is 1. The summed E-state index contributed by atoms with van der Waals surface area (Å²) in [4.78, 5) is 16.5. The number of pyridine rings is 1. The first-order chi connectivity index (χ1) is 10.7. The van der Waals surface area contributed by atoms with Gasteiger partial charge in [-0.3, -0.25) is 4.98 Å². The number of imidazole rings is 1. The van der Waals surface area contributed by atoms with E-state index in [0.29, 0.717) is 18.1 Å². The minimum Gasteiger partial charge on any atom is -0.497 e. The van der Waals surface area contributed by atoms with E-state index >= 15 is 0 Å². The summed E-state index contributed by atoms with van der Waals surface area (Å²) in [7, 11) is 1.64. The van der Waals surface area contributed by atoms with Crippen molar-refractivity contribution in [1.82, 2.24) is 25.1 Å². The van der Waals surface area contributed by atoms with Gasteiger partial charge in [0, 0.05) is 12.3 Å². The molecule has 3 aromatic heterocycles. The molecule has 110 valence electrons. The molecule has 0 radical (unpaired) electrons. The first-order valence-corrected chi connectivity index (χ1v) is 6.83. The predicted molar refractivity (Wildman–Crippen MR) is 79.8 cm³/mol. The number of rotatable bonds is 3. The van der Waals surface area contributed by atoms with E-state index < -0.39 is 0 Å². The Balaban J connectivity index is 1.83. The number of aryl methyl sites for hydroxylation is 1. The summed E-state index contributed by atoms with van der Waals surface area (Å²) in [6, 6.07) is 5.75. The fourth-order valence-electron chi connectivity index (χ4n) is 2.46. The lowest BCUT2D eigenvalue weighted by Crippen LogP contribution is -1.92. The van der Waals surface area contributed by atoms with Gasteiger partial charge >= 0.3 is 0 Å². The van der Waals surface area contributed by atoms with Gasteiger partial charge in [-0.25, -0.2) is 4.98 Å². The fourth-order valence-corrected chi connectivity index (χ4v) is 2.46. The minimum atomic E-state index is 0.484. The zero-order chi connectivity index (χ0) is 15.1. The largest absolute Gasteiger partial charge is 0.497 e. The molecule has 0 saturated heterocycles. The highest BCUT2D eigenvalue weighted by Crippen LogP contribution is 2.26. The van der Waals surface area contributed by atoms with Gasteiger partial charge in [-0.2, -0.15) is 4.98 Å². The topological polar surface area (TPSA) is 89.7 Å². The third-order valence-electron chi connectivity index (χ3n) is 3.47. The zero-order valence-electron chi connectivity index (χ0n) is 12.1. The minimum absolute atomic E-state index is 0.484. The van der Waals surface area contributed by atoms with Crippen LogP contribution in [0.1, 0.15) is 17.5 Å². The van der Waals surface area contributed by atoms with Gasteiger partial charge in [0.25, 0.3) is 0 Å². The quantitative estimate of drug-likeness (QED) is 0.624. The average molecular weight is 295 g/mol. The Labute approximate surface area is 125 Å². The number of nitrogens with zero attached hydrogens (tertiary/aromatic N) is 4. The molecule has 0 aliphatic rings. The van der Waals surface area contributed by atoms with Crippen molar-refractivity contribution in [3.63, 3.8) is 0 Å². The molecule has 1 N–H and O–H groups in total. The van der Waals surface area contributed by atoms with Crippen molar-refractivity contribution in [3.05, 3.63) is 41.9 Å². The number of hydrogen-bond donors (Lipinski definition) is 1. The molecule has 3 heterocycles. The van der Waals surface area contributed by atoms with E-state index in [1.54, 1.807) is 20.2 Å². The number of ether oxygens (including phenoxy) is 1. The fraction of sp³-hybridized carbons (Fsp3) is 0.200. The molecular weight excluding hydrogens is 282 g/mol. The van der Waals surface area contributed by atoms with Crippen molar-refractivity contribution < 1.29 is 9.26 Å². The maximum absolute atomic E-state index is 5.28. The molecule has 7 nitrogen and oxygen atoms in total. The summed E-state index contributed by atoms with van der Waals surface area (Å²) in [5.41, 5.74) is 2.61. The summed E-state index contributed by atoms with van der Waals surface area (Å²) >= 11 is 0. The molecular formula is C15H13N5O2. The highest BCUT2D eigenvalue weighted by atomic mass is 16.5. The molecule has 0 bridgehead atoms. The van der Waals surface area contributed by atoms with Crippen LogP contribution in [0.25, 0.3) is 21.9 Å². The summed E-state index contributed by atoms with van der Waals surface area (Å²) in [6.45, 7) is 1.76. The number of nitrogens with one attached hydrogen (secondary N) is 1. The van der Waals surface area contributed by atoms with E-state index in [9.17, 15) is 0 Å². The number of fused-ring (bicyclic) bond motifs is 3. The third kappa shape index (κ3) is 2.07. The zero-order valence-corrected chi connectivity index (χ0v) is 12.1. The molecule has 0 fully saturated rings.